The van der Waals surface area contributed by atoms with Gasteiger partial charge >= 0.3 is 5.97 Å². The number of aliphatic hydroxyl groups is 2. The zero-order chi connectivity index (χ0) is 17.0. The van der Waals surface area contributed by atoms with Crippen LogP contribution in [0.25, 0.3) is 0 Å². The summed E-state index contributed by atoms with van der Waals surface area (Å²) in [4.78, 5) is 12.7. The van der Waals surface area contributed by atoms with Gasteiger partial charge in [0.1, 0.15) is 0 Å². The van der Waals surface area contributed by atoms with Crippen LogP contribution in [0.3, 0.4) is 0 Å². The minimum Gasteiger partial charge on any atom is -0.481 e. The summed E-state index contributed by atoms with van der Waals surface area (Å²) in [6.45, 7) is 2.53. The van der Waals surface area contributed by atoms with Crippen LogP contribution in [-0.4, -0.2) is 34.5 Å². The lowest BCUT2D eigenvalue weighted by atomic mass is 9.39. The number of hydrogen-bond acceptors (Lipinski definition) is 3. The number of carbonyl (C=O) groups is 1. The van der Waals surface area contributed by atoms with Gasteiger partial charge in [-0.05, 0) is 79.4 Å². The van der Waals surface area contributed by atoms with Crippen molar-refractivity contribution in [2.45, 2.75) is 58.3 Å². The summed E-state index contributed by atoms with van der Waals surface area (Å²) in [6, 6.07) is 0. The maximum absolute atomic E-state index is 12.7. The third-order valence-corrected chi connectivity index (χ3v) is 9.80. The molecular formula is C20H30O4. The van der Waals surface area contributed by atoms with E-state index in [0.717, 1.165) is 51.4 Å². The Balaban J connectivity index is 1.60. The number of carboxylic acid groups (broad SMARTS) is 1. The molecule has 0 aromatic rings. The number of aliphatic carboxylic acids is 1. The molecule has 4 bridgehead atoms. The van der Waals surface area contributed by atoms with Crippen LogP contribution in [-0.2, 0) is 4.79 Å². The lowest BCUT2D eigenvalue weighted by Crippen LogP contribution is -2.63. The first-order chi connectivity index (χ1) is 11.4. The van der Waals surface area contributed by atoms with E-state index in [1.165, 1.54) is 0 Å². The second-order valence-electron chi connectivity index (χ2n) is 10.2. The Hall–Kier alpha value is -0.610. The van der Waals surface area contributed by atoms with E-state index < -0.39 is 11.4 Å². The molecule has 0 amide bonds. The number of aliphatic hydroxyl groups excluding tert-OH is 2. The predicted octanol–water partition coefficient (Wildman–Crippen LogP) is 2.67. The summed E-state index contributed by atoms with van der Waals surface area (Å²) >= 11 is 0. The second kappa shape index (κ2) is 4.37. The van der Waals surface area contributed by atoms with Gasteiger partial charge in [-0.3, -0.25) is 4.79 Å². The molecule has 6 aliphatic rings. The van der Waals surface area contributed by atoms with Gasteiger partial charge in [0.15, 0.2) is 0 Å². The highest BCUT2D eigenvalue weighted by molar-refractivity contribution is 5.76. The highest BCUT2D eigenvalue weighted by Gasteiger charge is 2.81. The van der Waals surface area contributed by atoms with Gasteiger partial charge in [-0.1, -0.05) is 13.3 Å². The van der Waals surface area contributed by atoms with E-state index in [1.54, 1.807) is 0 Å². The summed E-state index contributed by atoms with van der Waals surface area (Å²) < 4.78 is 0. The average molecular weight is 334 g/mol. The van der Waals surface area contributed by atoms with E-state index in [0.29, 0.717) is 18.4 Å². The second-order valence-corrected chi connectivity index (χ2v) is 10.2. The first-order valence-electron chi connectivity index (χ1n) is 9.84. The maximum atomic E-state index is 12.7. The van der Waals surface area contributed by atoms with Crippen molar-refractivity contribution in [1.82, 2.24) is 0 Å². The monoisotopic (exact) mass is 334 g/mol. The zero-order valence-corrected chi connectivity index (χ0v) is 14.6. The normalized spacial score (nSPS) is 60.3. The lowest BCUT2D eigenvalue weighted by molar-refractivity contribution is -0.206. The largest absolute Gasteiger partial charge is 0.481 e. The number of carboxylic acids is 1. The van der Waals surface area contributed by atoms with E-state index in [9.17, 15) is 20.1 Å². The fourth-order valence-corrected chi connectivity index (χ4v) is 8.83. The molecule has 3 N–H and O–H groups in total. The molecule has 8 unspecified atom stereocenters. The average Bonchev–Trinajstić information content (AvgIpc) is 3.08. The third-order valence-electron chi connectivity index (χ3n) is 9.80. The van der Waals surface area contributed by atoms with Crippen LogP contribution in [0.4, 0.5) is 0 Å². The molecule has 8 atom stereocenters. The molecule has 6 aliphatic carbocycles. The molecule has 4 heteroatoms. The molecule has 134 valence electrons. The minimum absolute atomic E-state index is 0.108. The first-order valence-corrected chi connectivity index (χ1v) is 9.84. The topological polar surface area (TPSA) is 77.8 Å². The zero-order valence-electron chi connectivity index (χ0n) is 14.6. The Morgan fingerprint density at radius 3 is 2.50 bits per heavy atom. The Bertz CT molecular complexity index is 604. The van der Waals surface area contributed by atoms with Crippen molar-refractivity contribution in [3.8, 4) is 0 Å². The molecule has 6 rings (SSSR count). The van der Waals surface area contributed by atoms with Gasteiger partial charge in [0, 0.05) is 18.6 Å². The van der Waals surface area contributed by atoms with Crippen molar-refractivity contribution in [3.63, 3.8) is 0 Å². The lowest BCUT2D eigenvalue weighted by Gasteiger charge is -2.64. The molecule has 4 nitrogen and oxygen atoms in total. The van der Waals surface area contributed by atoms with Crippen molar-refractivity contribution in [1.29, 1.82) is 0 Å². The molecule has 24 heavy (non-hydrogen) atoms. The fourth-order valence-electron chi connectivity index (χ4n) is 8.83. The van der Waals surface area contributed by atoms with E-state index in [4.69, 9.17) is 0 Å². The van der Waals surface area contributed by atoms with Gasteiger partial charge in [-0.2, -0.15) is 0 Å². The molecule has 6 fully saturated rings. The van der Waals surface area contributed by atoms with Crippen molar-refractivity contribution >= 4 is 5.97 Å². The van der Waals surface area contributed by atoms with Crippen molar-refractivity contribution in [2.75, 3.05) is 13.2 Å². The molecule has 0 aromatic carbocycles. The molecule has 0 heterocycles. The summed E-state index contributed by atoms with van der Waals surface area (Å²) in [5, 5.41) is 30.4. The van der Waals surface area contributed by atoms with Crippen LogP contribution in [0.1, 0.15) is 58.3 Å². The van der Waals surface area contributed by atoms with Gasteiger partial charge in [0.05, 0.1) is 5.41 Å². The molecular weight excluding hydrogens is 304 g/mol. The summed E-state index contributed by atoms with van der Waals surface area (Å²) in [5.74, 6) is 0.990. The van der Waals surface area contributed by atoms with E-state index >= 15 is 0 Å². The van der Waals surface area contributed by atoms with Crippen LogP contribution in [0, 0.1) is 45.3 Å². The van der Waals surface area contributed by atoms with Crippen LogP contribution in [0.2, 0.25) is 0 Å². The van der Waals surface area contributed by atoms with Crippen LogP contribution in [0.15, 0.2) is 0 Å². The van der Waals surface area contributed by atoms with Crippen LogP contribution in [0.5, 0.6) is 0 Å². The van der Waals surface area contributed by atoms with Crippen molar-refractivity contribution in [2.24, 2.45) is 45.3 Å². The molecule has 0 aromatic heterocycles. The van der Waals surface area contributed by atoms with Crippen molar-refractivity contribution < 1.29 is 20.1 Å². The van der Waals surface area contributed by atoms with E-state index in [-0.39, 0.29) is 34.7 Å². The summed E-state index contributed by atoms with van der Waals surface area (Å²) in [5.41, 5.74) is -0.567. The number of hydrogen-bond donors (Lipinski definition) is 3. The molecule has 1 spiro atoms. The third kappa shape index (κ3) is 1.45. The predicted molar refractivity (Wildman–Crippen MR) is 88.1 cm³/mol. The van der Waals surface area contributed by atoms with Gasteiger partial charge in [0.25, 0.3) is 0 Å². The fraction of sp³-hybridized carbons (Fsp3) is 0.950. The molecule has 6 saturated carbocycles. The quantitative estimate of drug-likeness (QED) is 0.741. The van der Waals surface area contributed by atoms with Gasteiger partial charge in [0.2, 0.25) is 0 Å². The van der Waals surface area contributed by atoms with Gasteiger partial charge in [-0.25, -0.2) is 0 Å². The highest BCUT2D eigenvalue weighted by atomic mass is 16.4. The van der Waals surface area contributed by atoms with Crippen LogP contribution >= 0.6 is 0 Å². The SMILES string of the molecule is CC1(CO)CCCC2(C(=O)O)C1CCC13CC4C(CC12)C4(CO)C3. The highest BCUT2D eigenvalue weighted by Crippen LogP contribution is 2.85. The minimum atomic E-state index is -0.636. The molecule has 0 aliphatic heterocycles. The molecule has 0 saturated heterocycles. The number of rotatable bonds is 3. The van der Waals surface area contributed by atoms with Crippen molar-refractivity contribution in [3.05, 3.63) is 0 Å². The smallest absolute Gasteiger partial charge is 0.310 e. The number of fused-ring (bicyclic) bond motifs is 1. The van der Waals surface area contributed by atoms with E-state index in [1.807, 2.05) is 0 Å². The van der Waals surface area contributed by atoms with Gasteiger partial charge in [-0.15, -0.1) is 0 Å². The van der Waals surface area contributed by atoms with E-state index in [2.05, 4.69) is 6.92 Å². The van der Waals surface area contributed by atoms with Gasteiger partial charge < -0.3 is 15.3 Å². The van der Waals surface area contributed by atoms with Crippen LogP contribution < -0.4 is 0 Å². The Kier molecular flexibility index (Phi) is 2.85. The Morgan fingerprint density at radius 1 is 1.08 bits per heavy atom. The summed E-state index contributed by atoms with van der Waals surface area (Å²) in [6.07, 6.45) is 7.94. The first kappa shape index (κ1) is 15.6. The summed E-state index contributed by atoms with van der Waals surface area (Å²) in [7, 11) is 0. The standard InChI is InChI=1S/C20H30O4/c1-17(10-21)4-2-5-20(16(23)24)14(17)3-6-18-8-13-12(7-15(18)20)19(13,9-18)11-22/h12-15,21-22H,2-11H2,1H3,(H,23,24). The Labute approximate surface area is 143 Å². The molecule has 0 radical (unpaired) electrons. The Morgan fingerprint density at radius 2 is 1.88 bits per heavy atom. The maximum Gasteiger partial charge on any atom is 0.310 e.